The van der Waals surface area contributed by atoms with Crippen LogP contribution in [0.5, 0.6) is 0 Å². The molecular formula is C8H15NS. The number of hydrogen-bond donors (Lipinski definition) is 0. The first-order valence-electron chi connectivity index (χ1n) is 3.45. The van der Waals surface area contributed by atoms with Crippen molar-refractivity contribution in [1.82, 2.24) is 0 Å². The normalized spacial score (nSPS) is 13.5. The highest BCUT2D eigenvalue weighted by atomic mass is 32.2. The summed E-state index contributed by atoms with van der Waals surface area (Å²) in [5, 5.41) is 1.19. The highest BCUT2D eigenvalue weighted by Crippen LogP contribution is 2.08. The average molecular weight is 157 g/mol. The van der Waals surface area contributed by atoms with Gasteiger partial charge in [-0.05, 0) is 13.2 Å². The maximum Gasteiger partial charge on any atom is 0.0753 e. The van der Waals surface area contributed by atoms with E-state index in [1.165, 1.54) is 5.04 Å². The van der Waals surface area contributed by atoms with Crippen LogP contribution in [0.15, 0.2) is 17.3 Å². The van der Waals surface area contributed by atoms with Gasteiger partial charge in [-0.2, -0.15) is 0 Å². The van der Waals surface area contributed by atoms with E-state index >= 15 is 0 Å². The summed E-state index contributed by atoms with van der Waals surface area (Å²) in [7, 11) is 0. The molecule has 0 aliphatic heterocycles. The summed E-state index contributed by atoms with van der Waals surface area (Å²) in [5.41, 5.74) is 0. The Labute approximate surface area is 67.6 Å². The van der Waals surface area contributed by atoms with Crippen LogP contribution in [0.3, 0.4) is 0 Å². The second-order valence-electron chi connectivity index (χ2n) is 2.31. The fourth-order valence-electron chi connectivity index (χ4n) is 0.585. The first-order chi connectivity index (χ1) is 4.72. The predicted molar refractivity (Wildman–Crippen MR) is 50.6 cm³/mol. The smallest absolute Gasteiger partial charge is 0.0753 e. The summed E-state index contributed by atoms with van der Waals surface area (Å²) in [5.74, 6) is 0.547. The lowest BCUT2D eigenvalue weighted by molar-refractivity contribution is 0.900. The molecule has 0 radical (unpaired) electrons. The molecule has 0 saturated carbocycles. The van der Waals surface area contributed by atoms with Crippen LogP contribution in [0.2, 0.25) is 0 Å². The van der Waals surface area contributed by atoms with Crippen LogP contribution in [-0.4, -0.2) is 11.3 Å². The van der Waals surface area contributed by atoms with Crippen molar-refractivity contribution in [3.8, 4) is 0 Å². The molecule has 0 heterocycles. The maximum absolute atomic E-state index is 4.26. The second-order valence-corrected chi connectivity index (χ2v) is 3.14. The van der Waals surface area contributed by atoms with E-state index in [-0.39, 0.29) is 0 Å². The Hall–Kier alpha value is -0.240. The Morgan fingerprint density at radius 3 is 2.40 bits per heavy atom. The molecule has 0 aliphatic carbocycles. The molecule has 0 rings (SSSR count). The summed E-state index contributed by atoms with van der Waals surface area (Å²) in [6.07, 6.45) is 5.84. The molecule has 2 heteroatoms. The molecule has 0 aromatic heterocycles. The Balaban J connectivity index is 4.04. The van der Waals surface area contributed by atoms with Gasteiger partial charge in [0.2, 0.25) is 0 Å². The molecule has 0 unspecified atom stereocenters. The predicted octanol–water partition coefficient (Wildman–Crippen LogP) is 2.94. The van der Waals surface area contributed by atoms with Gasteiger partial charge in [0.05, 0.1) is 5.04 Å². The van der Waals surface area contributed by atoms with Gasteiger partial charge in [-0.15, -0.1) is 11.8 Å². The zero-order chi connectivity index (χ0) is 7.98. The van der Waals surface area contributed by atoms with Crippen LogP contribution in [0.25, 0.3) is 0 Å². The van der Waals surface area contributed by atoms with E-state index < -0.39 is 0 Å². The van der Waals surface area contributed by atoms with Crippen molar-refractivity contribution >= 4 is 16.8 Å². The summed E-state index contributed by atoms with van der Waals surface area (Å²) in [6, 6.07) is 0. The molecule has 0 aliphatic rings. The number of rotatable bonds is 2. The first-order valence-corrected chi connectivity index (χ1v) is 4.67. The summed E-state index contributed by atoms with van der Waals surface area (Å²) >= 11 is 1.72. The molecular weight excluding hydrogens is 142 g/mol. The zero-order valence-electron chi connectivity index (χ0n) is 7.09. The van der Waals surface area contributed by atoms with Crippen molar-refractivity contribution in [3.05, 3.63) is 12.3 Å². The number of thioether (sulfide) groups is 1. The van der Waals surface area contributed by atoms with E-state index in [1.54, 1.807) is 11.8 Å². The number of nitrogens with zero attached hydrogens (tertiary/aromatic N) is 1. The van der Waals surface area contributed by atoms with E-state index in [4.69, 9.17) is 0 Å². The minimum absolute atomic E-state index is 0.547. The number of aliphatic imine (C=N–C) groups is 1. The van der Waals surface area contributed by atoms with E-state index in [0.717, 1.165) is 0 Å². The van der Waals surface area contributed by atoms with Crippen LogP contribution in [0.4, 0.5) is 0 Å². The van der Waals surface area contributed by atoms with Gasteiger partial charge in [-0.1, -0.05) is 19.9 Å². The molecule has 0 bridgehead atoms. The molecule has 0 atom stereocenters. The standard InChI is InChI=1S/C8H15NS/c1-5-6-9-8(10-4)7(2)3/h5-7H,1-4H3/b6-5+,9-8?. The van der Waals surface area contributed by atoms with Crippen molar-refractivity contribution < 1.29 is 0 Å². The lowest BCUT2D eigenvalue weighted by Gasteiger charge is -2.03. The monoisotopic (exact) mass is 157 g/mol. The van der Waals surface area contributed by atoms with Crippen molar-refractivity contribution in [1.29, 1.82) is 0 Å². The Bertz CT molecular complexity index is 136. The maximum atomic E-state index is 4.26. The Kier molecular flexibility index (Phi) is 5.40. The molecule has 0 aromatic rings. The molecule has 0 spiro atoms. The zero-order valence-corrected chi connectivity index (χ0v) is 7.90. The van der Waals surface area contributed by atoms with Gasteiger partial charge < -0.3 is 0 Å². The van der Waals surface area contributed by atoms with Crippen LogP contribution in [0.1, 0.15) is 20.8 Å². The van der Waals surface area contributed by atoms with Crippen LogP contribution in [-0.2, 0) is 0 Å². The number of hydrogen-bond acceptors (Lipinski definition) is 2. The third kappa shape index (κ3) is 3.72. The van der Waals surface area contributed by atoms with E-state index in [9.17, 15) is 0 Å². The first kappa shape index (κ1) is 9.76. The molecule has 0 saturated heterocycles. The largest absolute Gasteiger partial charge is 0.255 e. The van der Waals surface area contributed by atoms with Gasteiger partial charge in [0.1, 0.15) is 0 Å². The number of allylic oxidation sites excluding steroid dienone is 1. The molecule has 10 heavy (non-hydrogen) atoms. The van der Waals surface area contributed by atoms with Gasteiger partial charge in [-0.25, -0.2) is 0 Å². The molecule has 58 valence electrons. The van der Waals surface area contributed by atoms with E-state index in [0.29, 0.717) is 5.92 Å². The fourth-order valence-corrected chi connectivity index (χ4v) is 1.22. The Morgan fingerprint density at radius 1 is 1.50 bits per heavy atom. The third-order valence-corrected chi connectivity index (χ3v) is 2.05. The van der Waals surface area contributed by atoms with Crippen LogP contribution < -0.4 is 0 Å². The SMILES string of the molecule is C/C=C/N=C(SC)C(C)C. The van der Waals surface area contributed by atoms with Gasteiger partial charge in [0.25, 0.3) is 0 Å². The van der Waals surface area contributed by atoms with Gasteiger partial charge in [0, 0.05) is 12.1 Å². The van der Waals surface area contributed by atoms with Crippen molar-refractivity contribution in [2.75, 3.05) is 6.26 Å². The minimum Gasteiger partial charge on any atom is -0.255 e. The second kappa shape index (κ2) is 5.54. The van der Waals surface area contributed by atoms with Gasteiger partial charge >= 0.3 is 0 Å². The van der Waals surface area contributed by atoms with E-state index in [1.807, 2.05) is 19.2 Å². The molecule has 0 aromatic carbocycles. The topological polar surface area (TPSA) is 12.4 Å². The molecule has 0 fully saturated rings. The Morgan fingerprint density at radius 2 is 2.10 bits per heavy atom. The molecule has 0 amide bonds. The highest BCUT2D eigenvalue weighted by Gasteiger charge is 1.99. The van der Waals surface area contributed by atoms with Crippen molar-refractivity contribution in [3.63, 3.8) is 0 Å². The molecule has 1 nitrogen and oxygen atoms in total. The minimum atomic E-state index is 0.547. The average Bonchev–Trinajstić information content (AvgIpc) is 1.89. The summed E-state index contributed by atoms with van der Waals surface area (Å²) < 4.78 is 0. The van der Waals surface area contributed by atoms with Crippen molar-refractivity contribution in [2.45, 2.75) is 20.8 Å². The summed E-state index contributed by atoms with van der Waals surface area (Å²) in [4.78, 5) is 4.26. The van der Waals surface area contributed by atoms with Gasteiger partial charge in [0.15, 0.2) is 0 Å². The third-order valence-electron chi connectivity index (χ3n) is 1.05. The lowest BCUT2D eigenvalue weighted by Crippen LogP contribution is -2.00. The van der Waals surface area contributed by atoms with Gasteiger partial charge in [-0.3, -0.25) is 4.99 Å². The fraction of sp³-hybridized carbons (Fsp3) is 0.625. The van der Waals surface area contributed by atoms with E-state index in [2.05, 4.69) is 25.1 Å². The quantitative estimate of drug-likeness (QED) is 0.443. The molecule has 0 N–H and O–H groups in total. The summed E-state index contributed by atoms with van der Waals surface area (Å²) in [6.45, 7) is 6.28. The van der Waals surface area contributed by atoms with Crippen molar-refractivity contribution in [2.24, 2.45) is 10.9 Å². The lowest BCUT2D eigenvalue weighted by atomic mass is 10.2. The van der Waals surface area contributed by atoms with Crippen LogP contribution >= 0.6 is 11.8 Å². The van der Waals surface area contributed by atoms with Crippen LogP contribution in [0, 0.1) is 5.92 Å². The highest BCUT2D eigenvalue weighted by molar-refractivity contribution is 8.13.